The van der Waals surface area contributed by atoms with Gasteiger partial charge in [-0.1, -0.05) is 78.6 Å². The van der Waals surface area contributed by atoms with Crippen molar-refractivity contribution in [2.45, 2.75) is 112 Å². The van der Waals surface area contributed by atoms with Gasteiger partial charge in [0.05, 0.1) is 13.2 Å². The van der Waals surface area contributed by atoms with Gasteiger partial charge in [0.1, 0.15) is 0 Å². The first-order chi connectivity index (χ1) is 12.8. The summed E-state index contributed by atoms with van der Waals surface area (Å²) >= 11 is 0. The van der Waals surface area contributed by atoms with Crippen LogP contribution in [0.2, 0.25) is 0 Å². The maximum Gasteiger partial charge on any atom is 0.322 e. The molecule has 160 valence electrons. The van der Waals surface area contributed by atoms with Gasteiger partial charge in [-0.15, -0.1) is 0 Å². The highest BCUT2D eigenvalue weighted by molar-refractivity contribution is 5.99. The topological polar surface area (TPSA) is 52.6 Å². The first-order valence-corrected chi connectivity index (χ1v) is 11.2. The Labute approximate surface area is 167 Å². The molecule has 0 aromatic heterocycles. The molecule has 0 saturated carbocycles. The minimum atomic E-state index is -1.23. The van der Waals surface area contributed by atoms with E-state index in [1.54, 1.807) is 13.8 Å². The lowest BCUT2D eigenvalue weighted by Crippen LogP contribution is -2.37. The van der Waals surface area contributed by atoms with E-state index < -0.39 is 17.4 Å². The fourth-order valence-electron chi connectivity index (χ4n) is 2.85. The molecule has 0 spiro atoms. The molecule has 0 aliphatic carbocycles. The van der Waals surface area contributed by atoms with Gasteiger partial charge in [0, 0.05) is 0 Å². The van der Waals surface area contributed by atoms with Crippen molar-refractivity contribution in [1.82, 2.24) is 0 Å². The highest BCUT2D eigenvalue weighted by Crippen LogP contribution is 2.20. The number of hydrogen-bond donors (Lipinski definition) is 0. The number of carbonyl (C=O) groups excluding carboxylic acids is 2. The van der Waals surface area contributed by atoms with E-state index in [9.17, 15) is 9.59 Å². The van der Waals surface area contributed by atoms with Gasteiger partial charge in [-0.2, -0.15) is 0 Å². The molecule has 0 atom stereocenters. The summed E-state index contributed by atoms with van der Waals surface area (Å²) in [5.41, 5.74) is -1.23. The molecule has 4 heteroatoms. The second kappa shape index (κ2) is 15.9. The SMILES string of the molecule is CCCCCCCCCCCCOC(=O)C(C)(C)C(=O)OCCCC(C)C. The number of esters is 2. The van der Waals surface area contributed by atoms with Gasteiger partial charge < -0.3 is 9.47 Å². The third-order valence-corrected chi connectivity index (χ3v) is 4.91. The van der Waals surface area contributed by atoms with Crippen LogP contribution in [0.1, 0.15) is 112 Å². The zero-order valence-corrected chi connectivity index (χ0v) is 18.6. The Kier molecular flexibility index (Phi) is 15.3. The summed E-state index contributed by atoms with van der Waals surface area (Å²) in [5.74, 6) is -0.380. The van der Waals surface area contributed by atoms with Crippen LogP contribution in [0, 0.1) is 11.3 Å². The highest BCUT2D eigenvalue weighted by atomic mass is 16.6. The molecular formula is C23H44O4. The minimum absolute atomic E-state index is 0.367. The molecule has 0 aromatic carbocycles. The summed E-state index contributed by atoms with van der Waals surface area (Å²) in [6.45, 7) is 10.4. The van der Waals surface area contributed by atoms with Crippen molar-refractivity contribution in [1.29, 1.82) is 0 Å². The zero-order valence-electron chi connectivity index (χ0n) is 18.6. The average Bonchev–Trinajstić information content (AvgIpc) is 2.62. The summed E-state index contributed by atoms with van der Waals surface area (Å²) in [7, 11) is 0. The molecule has 0 bridgehead atoms. The number of unbranched alkanes of at least 4 members (excludes halogenated alkanes) is 9. The molecule has 0 N–H and O–H groups in total. The van der Waals surface area contributed by atoms with Crippen molar-refractivity contribution in [3.05, 3.63) is 0 Å². The smallest absolute Gasteiger partial charge is 0.322 e. The number of carbonyl (C=O) groups is 2. The van der Waals surface area contributed by atoms with Gasteiger partial charge in [-0.3, -0.25) is 9.59 Å². The van der Waals surface area contributed by atoms with Crippen molar-refractivity contribution in [3.8, 4) is 0 Å². The number of ether oxygens (including phenoxy) is 2. The van der Waals surface area contributed by atoms with Gasteiger partial charge >= 0.3 is 11.9 Å². The monoisotopic (exact) mass is 384 g/mol. The van der Waals surface area contributed by atoms with Crippen LogP contribution in [-0.4, -0.2) is 25.2 Å². The average molecular weight is 385 g/mol. The summed E-state index contributed by atoms with van der Waals surface area (Å²) in [6, 6.07) is 0. The predicted octanol–water partition coefficient (Wildman–Crippen LogP) is 6.46. The van der Waals surface area contributed by atoms with Crippen molar-refractivity contribution in [2.75, 3.05) is 13.2 Å². The number of rotatable bonds is 17. The van der Waals surface area contributed by atoms with E-state index in [1.807, 2.05) is 0 Å². The molecule has 0 aliphatic rings. The minimum Gasteiger partial charge on any atom is -0.465 e. The molecule has 0 fully saturated rings. The lowest BCUT2D eigenvalue weighted by Gasteiger charge is -2.21. The van der Waals surface area contributed by atoms with E-state index >= 15 is 0 Å². The van der Waals surface area contributed by atoms with Gasteiger partial charge in [-0.05, 0) is 39.0 Å². The first kappa shape index (κ1) is 25.9. The summed E-state index contributed by atoms with van der Waals surface area (Å²) in [6.07, 6.45) is 14.2. The maximum atomic E-state index is 12.2. The molecule has 0 radical (unpaired) electrons. The molecule has 0 rings (SSSR count). The fourth-order valence-corrected chi connectivity index (χ4v) is 2.85. The highest BCUT2D eigenvalue weighted by Gasteiger charge is 2.39. The lowest BCUT2D eigenvalue weighted by molar-refractivity contribution is -0.170. The molecule has 0 heterocycles. The van der Waals surface area contributed by atoms with Crippen LogP contribution in [0.15, 0.2) is 0 Å². The largest absolute Gasteiger partial charge is 0.465 e. The molecule has 0 unspecified atom stereocenters. The van der Waals surface area contributed by atoms with Crippen LogP contribution in [0.4, 0.5) is 0 Å². The summed E-state index contributed by atoms with van der Waals surface area (Å²) < 4.78 is 10.6. The van der Waals surface area contributed by atoms with Crippen LogP contribution < -0.4 is 0 Å². The maximum absolute atomic E-state index is 12.2. The third-order valence-electron chi connectivity index (χ3n) is 4.91. The Morgan fingerprint density at radius 2 is 1.11 bits per heavy atom. The number of hydrogen-bond acceptors (Lipinski definition) is 4. The second-order valence-electron chi connectivity index (χ2n) is 8.61. The fraction of sp³-hybridized carbons (Fsp3) is 0.913. The van der Waals surface area contributed by atoms with E-state index in [0.717, 1.165) is 25.7 Å². The normalized spacial score (nSPS) is 11.6. The Morgan fingerprint density at radius 1 is 0.704 bits per heavy atom. The standard InChI is InChI=1S/C23H44O4/c1-6-7-8-9-10-11-12-13-14-15-18-26-21(24)23(4,5)22(25)27-19-16-17-20(2)3/h20H,6-19H2,1-5H3. The Hall–Kier alpha value is -1.06. The Balaban J connectivity index is 3.72. The van der Waals surface area contributed by atoms with Gasteiger partial charge in [0.15, 0.2) is 5.41 Å². The summed E-state index contributed by atoms with van der Waals surface area (Å²) in [4.78, 5) is 24.3. The van der Waals surface area contributed by atoms with Crippen LogP contribution in [0.25, 0.3) is 0 Å². The quantitative estimate of drug-likeness (QED) is 0.164. The molecule has 4 nitrogen and oxygen atoms in total. The van der Waals surface area contributed by atoms with E-state index in [1.165, 1.54) is 51.4 Å². The van der Waals surface area contributed by atoms with E-state index in [2.05, 4.69) is 20.8 Å². The van der Waals surface area contributed by atoms with Crippen LogP contribution in [-0.2, 0) is 19.1 Å². The van der Waals surface area contributed by atoms with E-state index in [0.29, 0.717) is 19.1 Å². The molecule has 0 saturated heterocycles. The third kappa shape index (κ3) is 13.7. The molecule has 0 aliphatic heterocycles. The molecule has 0 amide bonds. The second-order valence-corrected chi connectivity index (χ2v) is 8.61. The molecule has 0 aromatic rings. The van der Waals surface area contributed by atoms with Gasteiger partial charge in [0.25, 0.3) is 0 Å². The van der Waals surface area contributed by atoms with Crippen LogP contribution in [0.3, 0.4) is 0 Å². The van der Waals surface area contributed by atoms with Crippen molar-refractivity contribution in [2.24, 2.45) is 11.3 Å². The Morgan fingerprint density at radius 3 is 1.56 bits per heavy atom. The van der Waals surface area contributed by atoms with Crippen molar-refractivity contribution in [3.63, 3.8) is 0 Å². The predicted molar refractivity (Wildman–Crippen MR) is 112 cm³/mol. The zero-order chi connectivity index (χ0) is 20.5. The molecule has 27 heavy (non-hydrogen) atoms. The lowest BCUT2D eigenvalue weighted by atomic mass is 9.94. The van der Waals surface area contributed by atoms with Crippen molar-refractivity contribution >= 4 is 11.9 Å². The van der Waals surface area contributed by atoms with Gasteiger partial charge in [0.2, 0.25) is 0 Å². The van der Waals surface area contributed by atoms with E-state index in [-0.39, 0.29) is 0 Å². The molecular weight excluding hydrogens is 340 g/mol. The first-order valence-electron chi connectivity index (χ1n) is 11.2. The van der Waals surface area contributed by atoms with Gasteiger partial charge in [-0.25, -0.2) is 0 Å². The van der Waals surface area contributed by atoms with E-state index in [4.69, 9.17) is 9.47 Å². The van der Waals surface area contributed by atoms with Crippen LogP contribution >= 0.6 is 0 Å². The Bertz CT molecular complexity index is 388. The van der Waals surface area contributed by atoms with Crippen molar-refractivity contribution < 1.29 is 19.1 Å². The summed E-state index contributed by atoms with van der Waals surface area (Å²) in [5, 5.41) is 0. The van der Waals surface area contributed by atoms with Crippen LogP contribution in [0.5, 0.6) is 0 Å².